The fraction of sp³-hybridized carbons (Fsp3) is 0.500. The van der Waals surface area contributed by atoms with Crippen LogP contribution in [-0.2, 0) is 4.74 Å². The number of benzene rings is 1. The number of carbonyl (C=O) groups excluding carboxylic acids is 1. The van der Waals surface area contributed by atoms with Gasteiger partial charge in [-0.2, -0.15) is 0 Å². The van der Waals surface area contributed by atoms with E-state index in [4.69, 9.17) is 0 Å². The van der Waals surface area contributed by atoms with Gasteiger partial charge in [0, 0.05) is 24.3 Å². The predicted octanol–water partition coefficient (Wildman–Crippen LogP) is 1.81. The van der Waals surface area contributed by atoms with Crippen LogP contribution < -0.4 is 10.2 Å². The molecule has 6 heteroatoms. The molecule has 2 rings (SSSR count). The summed E-state index contributed by atoms with van der Waals surface area (Å²) in [6.07, 6.45) is -0.587. The van der Waals surface area contributed by atoms with Crippen LogP contribution >= 0.6 is 0 Å². The van der Waals surface area contributed by atoms with E-state index in [-0.39, 0.29) is 6.04 Å². The van der Waals surface area contributed by atoms with Gasteiger partial charge in [-0.1, -0.05) is 6.07 Å². The zero-order valence-corrected chi connectivity index (χ0v) is 11.6. The molecular weight excluding hydrogens is 263 g/mol. The van der Waals surface area contributed by atoms with Gasteiger partial charge >= 0.3 is 6.09 Å². The first-order chi connectivity index (χ1) is 9.52. The molecule has 0 aliphatic carbocycles. The SMILES string of the molecule is COC(=O)NC1CCN(c2cccc(F)c2[C@H](C)O)C1. The first-order valence-electron chi connectivity index (χ1n) is 6.58. The van der Waals surface area contributed by atoms with Gasteiger partial charge in [-0.3, -0.25) is 0 Å². The fourth-order valence-corrected chi connectivity index (χ4v) is 2.54. The lowest BCUT2D eigenvalue weighted by molar-refractivity contribution is 0.167. The Morgan fingerprint density at radius 3 is 3.00 bits per heavy atom. The number of hydrogen-bond donors (Lipinski definition) is 2. The number of nitrogens with zero attached hydrogens (tertiary/aromatic N) is 1. The Balaban J connectivity index is 2.14. The van der Waals surface area contributed by atoms with Crippen LogP contribution in [0, 0.1) is 5.82 Å². The Bertz CT molecular complexity index is 493. The van der Waals surface area contributed by atoms with Crippen molar-refractivity contribution < 1.29 is 19.0 Å². The Hall–Kier alpha value is -1.82. The highest BCUT2D eigenvalue weighted by atomic mass is 19.1. The average Bonchev–Trinajstić information content (AvgIpc) is 2.86. The van der Waals surface area contributed by atoms with E-state index >= 15 is 0 Å². The lowest BCUT2D eigenvalue weighted by Gasteiger charge is -2.23. The van der Waals surface area contributed by atoms with E-state index < -0.39 is 18.0 Å². The van der Waals surface area contributed by atoms with Crippen molar-refractivity contribution in [2.45, 2.75) is 25.5 Å². The molecule has 20 heavy (non-hydrogen) atoms. The number of amides is 1. The molecule has 0 bridgehead atoms. The molecule has 1 fully saturated rings. The number of aliphatic hydroxyl groups is 1. The van der Waals surface area contributed by atoms with Crippen LogP contribution in [0.4, 0.5) is 14.9 Å². The van der Waals surface area contributed by atoms with Crippen molar-refractivity contribution in [3.63, 3.8) is 0 Å². The van der Waals surface area contributed by atoms with Crippen molar-refractivity contribution >= 4 is 11.8 Å². The smallest absolute Gasteiger partial charge is 0.407 e. The van der Waals surface area contributed by atoms with Crippen molar-refractivity contribution in [1.29, 1.82) is 0 Å². The van der Waals surface area contributed by atoms with E-state index in [1.807, 2.05) is 4.90 Å². The molecule has 5 nitrogen and oxygen atoms in total. The molecule has 0 spiro atoms. The maximum absolute atomic E-state index is 13.8. The van der Waals surface area contributed by atoms with Crippen molar-refractivity contribution in [3.05, 3.63) is 29.6 Å². The number of alkyl carbamates (subject to hydrolysis) is 1. The Labute approximate surface area is 117 Å². The summed E-state index contributed by atoms with van der Waals surface area (Å²) in [6.45, 7) is 2.80. The maximum Gasteiger partial charge on any atom is 0.407 e. The van der Waals surface area contributed by atoms with Gasteiger partial charge in [-0.15, -0.1) is 0 Å². The summed E-state index contributed by atoms with van der Waals surface area (Å²) in [5.41, 5.74) is 0.973. The first-order valence-corrected chi connectivity index (χ1v) is 6.58. The van der Waals surface area contributed by atoms with Crippen molar-refractivity contribution in [3.8, 4) is 0 Å². The normalized spacial score (nSPS) is 19.8. The molecule has 1 unspecified atom stereocenters. The molecule has 0 aromatic heterocycles. The number of aliphatic hydroxyl groups excluding tert-OH is 1. The van der Waals surface area contributed by atoms with E-state index in [0.29, 0.717) is 24.3 Å². The van der Waals surface area contributed by atoms with Gasteiger partial charge < -0.3 is 20.1 Å². The summed E-state index contributed by atoms with van der Waals surface area (Å²) in [7, 11) is 1.32. The molecule has 1 saturated heterocycles. The molecule has 1 aromatic rings. The number of ether oxygens (including phenoxy) is 1. The van der Waals surface area contributed by atoms with E-state index in [1.165, 1.54) is 13.2 Å². The highest BCUT2D eigenvalue weighted by Gasteiger charge is 2.27. The van der Waals surface area contributed by atoms with Crippen LogP contribution in [0.25, 0.3) is 0 Å². The third-order valence-corrected chi connectivity index (χ3v) is 3.48. The molecule has 110 valence electrons. The second-order valence-corrected chi connectivity index (χ2v) is 4.92. The van der Waals surface area contributed by atoms with Gasteiger partial charge in [-0.25, -0.2) is 9.18 Å². The Morgan fingerprint density at radius 1 is 1.60 bits per heavy atom. The number of halogens is 1. The second-order valence-electron chi connectivity index (χ2n) is 4.92. The molecule has 0 saturated carbocycles. The molecule has 1 amide bonds. The quantitative estimate of drug-likeness (QED) is 0.887. The van der Waals surface area contributed by atoms with Crippen LogP contribution in [0.5, 0.6) is 0 Å². The van der Waals surface area contributed by atoms with Gasteiger partial charge in [0.05, 0.1) is 19.3 Å². The lowest BCUT2D eigenvalue weighted by atomic mass is 10.1. The van der Waals surface area contributed by atoms with E-state index in [1.54, 1.807) is 19.1 Å². The Morgan fingerprint density at radius 2 is 2.35 bits per heavy atom. The monoisotopic (exact) mass is 282 g/mol. The standard InChI is InChI=1S/C14H19FN2O3/c1-9(18)13-11(15)4-3-5-12(13)17-7-6-10(8-17)16-14(19)20-2/h3-5,9-10,18H,6-8H2,1-2H3,(H,16,19)/t9-,10?/m0/s1. The van der Waals surface area contributed by atoms with Crippen molar-refractivity contribution in [2.75, 3.05) is 25.1 Å². The van der Waals surface area contributed by atoms with Crippen molar-refractivity contribution in [1.82, 2.24) is 5.32 Å². The third kappa shape index (κ3) is 3.01. The number of nitrogens with one attached hydrogen (secondary N) is 1. The highest BCUT2D eigenvalue weighted by Crippen LogP contribution is 2.31. The molecular formula is C14H19FN2O3. The van der Waals surface area contributed by atoms with Gasteiger partial charge in [0.25, 0.3) is 0 Å². The summed E-state index contributed by atoms with van der Waals surface area (Å²) in [5, 5.41) is 12.5. The van der Waals surface area contributed by atoms with Crippen LogP contribution in [0.15, 0.2) is 18.2 Å². The average molecular weight is 282 g/mol. The number of hydrogen-bond acceptors (Lipinski definition) is 4. The number of anilines is 1. The minimum atomic E-state index is -0.876. The van der Waals surface area contributed by atoms with Gasteiger partial charge in [0.15, 0.2) is 0 Å². The number of carbonyl (C=O) groups is 1. The van der Waals surface area contributed by atoms with Crippen LogP contribution in [0.3, 0.4) is 0 Å². The molecule has 1 aromatic carbocycles. The van der Waals surface area contributed by atoms with E-state index in [9.17, 15) is 14.3 Å². The van der Waals surface area contributed by atoms with Crippen molar-refractivity contribution in [2.24, 2.45) is 0 Å². The molecule has 2 atom stereocenters. The molecule has 1 heterocycles. The van der Waals surface area contributed by atoms with Crippen LogP contribution in [0.2, 0.25) is 0 Å². The fourth-order valence-electron chi connectivity index (χ4n) is 2.54. The van der Waals surface area contributed by atoms with E-state index in [0.717, 1.165) is 6.42 Å². The summed E-state index contributed by atoms with van der Waals surface area (Å²) in [6, 6.07) is 4.71. The zero-order chi connectivity index (χ0) is 14.7. The zero-order valence-electron chi connectivity index (χ0n) is 11.6. The summed E-state index contributed by atoms with van der Waals surface area (Å²) < 4.78 is 18.4. The predicted molar refractivity (Wildman–Crippen MR) is 73.2 cm³/mol. The summed E-state index contributed by atoms with van der Waals surface area (Å²) in [4.78, 5) is 13.2. The maximum atomic E-state index is 13.8. The highest BCUT2D eigenvalue weighted by molar-refractivity contribution is 5.67. The lowest BCUT2D eigenvalue weighted by Crippen LogP contribution is -2.37. The minimum Gasteiger partial charge on any atom is -0.453 e. The summed E-state index contributed by atoms with van der Waals surface area (Å²) in [5.74, 6) is -0.415. The molecule has 2 N–H and O–H groups in total. The van der Waals surface area contributed by atoms with Crippen LogP contribution in [0.1, 0.15) is 25.0 Å². The summed E-state index contributed by atoms with van der Waals surface area (Å²) >= 11 is 0. The minimum absolute atomic E-state index is 0.0347. The van der Waals surface area contributed by atoms with Gasteiger partial charge in [-0.05, 0) is 25.5 Å². The first kappa shape index (κ1) is 14.6. The number of rotatable bonds is 3. The van der Waals surface area contributed by atoms with E-state index in [2.05, 4.69) is 10.1 Å². The molecule has 1 aliphatic rings. The topological polar surface area (TPSA) is 61.8 Å². The molecule has 1 aliphatic heterocycles. The molecule has 0 radical (unpaired) electrons. The third-order valence-electron chi connectivity index (χ3n) is 3.48. The largest absolute Gasteiger partial charge is 0.453 e. The number of methoxy groups -OCH3 is 1. The van der Waals surface area contributed by atoms with Crippen LogP contribution in [-0.4, -0.2) is 37.4 Å². The second kappa shape index (κ2) is 6.09. The van der Waals surface area contributed by atoms with Gasteiger partial charge in [0.1, 0.15) is 5.82 Å². The Kier molecular flexibility index (Phi) is 4.44. The van der Waals surface area contributed by atoms with Gasteiger partial charge in [0.2, 0.25) is 0 Å².